The monoisotopic (exact) mass is 236 g/mol. The Balaban J connectivity index is 2.74. The Hall–Kier alpha value is -1.55. The van der Waals surface area contributed by atoms with E-state index in [2.05, 4.69) is 5.32 Å². The van der Waals surface area contributed by atoms with Gasteiger partial charge in [-0.1, -0.05) is 17.7 Å². The summed E-state index contributed by atoms with van der Waals surface area (Å²) in [7, 11) is 3.56. The molecule has 0 aliphatic rings. The lowest BCUT2D eigenvalue weighted by molar-refractivity contribution is -0.120. The number of benzene rings is 1. The Morgan fingerprint density at radius 2 is 2.18 bits per heavy atom. The van der Waals surface area contributed by atoms with Crippen molar-refractivity contribution < 1.29 is 9.90 Å². The van der Waals surface area contributed by atoms with Crippen molar-refractivity contribution >= 4 is 11.6 Å². The topological polar surface area (TPSA) is 52.6 Å². The number of aryl methyl sites for hydroxylation is 1. The summed E-state index contributed by atoms with van der Waals surface area (Å²) in [6, 6.07) is 5.95. The molecule has 0 saturated heterocycles. The fraction of sp³-hybridized carbons (Fsp3) is 0.462. The van der Waals surface area contributed by atoms with Crippen molar-refractivity contribution in [2.24, 2.45) is 0 Å². The number of amides is 1. The van der Waals surface area contributed by atoms with E-state index in [0.717, 1.165) is 16.8 Å². The van der Waals surface area contributed by atoms with Crippen LogP contribution in [-0.2, 0) is 11.4 Å². The van der Waals surface area contributed by atoms with Crippen molar-refractivity contribution in [3.63, 3.8) is 0 Å². The molecule has 0 aromatic heterocycles. The van der Waals surface area contributed by atoms with Crippen LogP contribution < -0.4 is 10.2 Å². The van der Waals surface area contributed by atoms with E-state index in [-0.39, 0.29) is 12.5 Å². The van der Waals surface area contributed by atoms with Gasteiger partial charge in [0.05, 0.1) is 6.61 Å². The Morgan fingerprint density at radius 1 is 1.47 bits per heavy atom. The second-order valence-corrected chi connectivity index (χ2v) is 4.14. The van der Waals surface area contributed by atoms with Gasteiger partial charge in [0.1, 0.15) is 0 Å². The largest absolute Gasteiger partial charge is 0.392 e. The second kappa shape index (κ2) is 6.25. The standard InChI is InChI=1S/C13H20N2O2/c1-10-4-5-12(11(8-10)9-16)15(3)7-6-13(17)14-2/h4-5,8,16H,6-7,9H2,1-3H3,(H,14,17). The van der Waals surface area contributed by atoms with Gasteiger partial charge in [-0.25, -0.2) is 0 Å². The molecule has 0 radical (unpaired) electrons. The maximum Gasteiger partial charge on any atom is 0.221 e. The smallest absolute Gasteiger partial charge is 0.221 e. The van der Waals surface area contributed by atoms with Crippen LogP contribution in [0.3, 0.4) is 0 Å². The first-order chi connectivity index (χ1) is 8.08. The number of carbonyl (C=O) groups excluding carboxylic acids is 1. The van der Waals surface area contributed by atoms with E-state index in [4.69, 9.17) is 0 Å². The summed E-state index contributed by atoms with van der Waals surface area (Å²) < 4.78 is 0. The van der Waals surface area contributed by atoms with Gasteiger partial charge < -0.3 is 15.3 Å². The molecular formula is C13H20N2O2. The highest BCUT2D eigenvalue weighted by molar-refractivity contribution is 5.76. The molecule has 4 heteroatoms. The number of aliphatic hydroxyl groups is 1. The van der Waals surface area contributed by atoms with E-state index >= 15 is 0 Å². The summed E-state index contributed by atoms with van der Waals surface area (Å²) in [5.41, 5.74) is 2.99. The minimum Gasteiger partial charge on any atom is -0.392 e. The van der Waals surface area contributed by atoms with Crippen molar-refractivity contribution in [1.29, 1.82) is 0 Å². The van der Waals surface area contributed by atoms with Gasteiger partial charge in [0.2, 0.25) is 5.91 Å². The molecule has 1 amide bonds. The van der Waals surface area contributed by atoms with E-state index in [1.807, 2.05) is 37.1 Å². The predicted molar refractivity (Wildman–Crippen MR) is 69.1 cm³/mol. The van der Waals surface area contributed by atoms with Crippen LogP contribution in [0.1, 0.15) is 17.5 Å². The highest BCUT2D eigenvalue weighted by Gasteiger charge is 2.08. The third kappa shape index (κ3) is 3.75. The fourth-order valence-electron chi connectivity index (χ4n) is 1.73. The van der Waals surface area contributed by atoms with Gasteiger partial charge in [-0.2, -0.15) is 0 Å². The average Bonchev–Trinajstić information content (AvgIpc) is 2.35. The summed E-state index contributed by atoms with van der Waals surface area (Å²) in [4.78, 5) is 13.2. The van der Waals surface area contributed by atoms with Gasteiger partial charge in [-0.15, -0.1) is 0 Å². The van der Waals surface area contributed by atoms with Crippen LogP contribution >= 0.6 is 0 Å². The van der Waals surface area contributed by atoms with Crippen LogP contribution in [0, 0.1) is 6.92 Å². The first-order valence-electron chi connectivity index (χ1n) is 5.70. The molecule has 0 saturated carbocycles. The van der Waals surface area contributed by atoms with E-state index in [1.165, 1.54) is 0 Å². The van der Waals surface area contributed by atoms with E-state index in [9.17, 15) is 9.90 Å². The molecule has 0 atom stereocenters. The third-order valence-electron chi connectivity index (χ3n) is 2.77. The number of anilines is 1. The Labute approximate surface area is 102 Å². The molecule has 2 N–H and O–H groups in total. The minimum atomic E-state index is 0.0152. The average molecular weight is 236 g/mol. The number of nitrogens with one attached hydrogen (secondary N) is 1. The van der Waals surface area contributed by atoms with Crippen LogP contribution in [0.15, 0.2) is 18.2 Å². The summed E-state index contributed by atoms with van der Waals surface area (Å²) in [6.45, 7) is 2.64. The van der Waals surface area contributed by atoms with Crippen LogP contribution in [0.5, 0.6) is 0 Å². The fourth-order valence-corrected chi connectivity index (χ4v) is 1.73. The number of nitrogens with zero attached hydrogens (tertiary/aromatic N) is 1. The lowest BCUT2D eigenvalue weighted by Crippen LogP contribution is -2.26. The first-order valence-corrected chi connectivity index (χ1v) is 5.70. The maximum absolute atomic E-state index is 11.2. The van der Waals surface area contributed by atoms with Crippen LogP contribution in [0.2, 0.25) is 0 Å². The summed E-state index contributed by atoms with van der Waals surface area (Å²) in [5, 5.41) is 11.9. The molecule has 0 aliphatic heterocycles. The van der Waals surface area contributed by atoms with Crippen LogP contribution in [0.4, 0.5) is 5.69 Å². The van der Waals surface area contributed by atoms with Crippen molar-refractivity contribution in [3.8, 4) is 0 Å². The summed E-state index contributed by atoms with van der Waals surface area (Å²) >= 11 is 0. The molecule has 1 aromatic carbocycles. The maximum atomic E-state index is 11.2. The van der Waals surface area contributed by atoms with Gasteiger partial charge in [0, 0.05) is 38.3 Å². The zero-order valence-electron chi connectivity index (χ0n) is 10.7. The number of rotatable bonds is 5. The Morgan fingerprint density at radius 3 is 2.76 bits per heavy atom. The summed E-state index contributed by atoms with van der Waals surface area (Å²) in [6.07, 6.45) is 0.450. The zero-order valence-corrected chi connectivity index (χ0v) is 10.7. The van der Waals surface area contributed by atoms with Gasteiger partial charge in [-0.05, 0) is 13.0 Å². The molecule has 4 nitrogen and oxygen atoms in total. The van der Waals surface area contributed by atoms with Crippen molar-refractivity contribution in [2.75, 3.05) is 25.5 Å². The third-order valence-corrected chi connectivity index (χ3v) is 2.77. The quantitative estimate of drug-likeness (QED) is 0.803. The van der Waals surface area contributed by atoms with E-state index < -0.39 is 0 Å². The second-order valence-electron chi connectivity index (χ2n) is 4.14. The number of hydrogen-bond donors (Lipinski definition) is 2. The molecule has 0 fully saturated rings. The molecule has 0 heterocycles. The molecule has 1 aromatic rings. The van der Waals surface area contributed by atoms with Crippen LogP contribution in [0.25, 0.3) is 0 Å². The van der Waals surface area contributed by atoms with Crippen molar-refractivity contribution in [1.82, 2.24) is 5.32 Å². The predicted octanol–water partition coefficient (Wildman–Crippen LogP) is 1.06. The molecule has 1 rings (SSSR count). The molecule has 0 aliphatic carbocycles. The number of carbonyl (C=O) groups is 1. The van der Waals surface area contributed by atoms with E-state index in [0.29, 0.717) is 13.0 Å². The van der Waals surface area contributed by atoms with Crippen molar-refractivity contribution in [2.45, 2.75) is 20.0 Å². The molecule has 0 spiro atoms. The van der Waals surface area contributed by atoms with Crippen molar-refractivity contribution in [3.05, 3.63) is 29.3 Å². The number of aliphatic hydroxyl groups excluding tert-OH is 1. The molecule has 94 valence electrons. The number of hydrogen-bond acceptors (Lipinski definition) is 3. The Kier molecular flexibility index (Phi) is 4.97. The van der Waals surface area contributed by atoms with Gasteiger partial charge in [0.25, 0.3) is 0 Å². The normalized spacial score (nSPS) is 10.1. The van der Waals surface area contributed by atoms with Crippen LogP contribution in [-0.4, -0.2) is 31.7 Å². The first kappa shape index (κ1) is 13.5. The van der Waals surface area contributed by atoms with Gasteiger partial charge in [-0.3, -0.25) is 4.79 Å². The zero-order chi connectivity index (χ0) is 12.8. The molecule has 0 unspecified atom stereocenters. The highest BCUT2D eigenvalue weighted by atomic mass is 16.3. The molecular weight excluding hydrogens is 216 g/mol. The lowest BCUT2D eigenvalue weighted by Gasteiger charge is -2.22. The highest BCUT2D eigenvalue weighted by Crippen LogP contribution is 2.21. The van der Waals surface area contributed by atoms with Gasteiger partial charge in [0.15, 0.2) is 0 Å². The van der Waals surface area contributed by atoms with Gasteiger partial charge >= 0.3 is 0 Å². The molecule has 17 heavy (non-hydrogen) atoms. The SMILES string of the molecule is CNC(=O)CCN(C)c1ccc(C)cc1CO. The minimum absolute atomic E-state index is 0.0152. The molecule has 0 bridgehead atoms. The lowest BCUT2D eigenvalue weighted by atomic mass is 10.1. The Bertz CT molecular complexity index is 391. The van der Waals surface area contributed by atoms with E-state index in [1.54, 1.807) is 7.05 Å². The summed E-state index contributed by atoms with van der Waals surface area (Å²) in [5.74, 6) is 0.0227.